The van der Waals surface area contributed by atoms with Crippen molar-refractivity contribution in [2.45, 2.75) is 50.8 Å². The van der Waals surface area contributed by atoms with Crippen molar-refractivity contribution < 1.29 is 14.6 Å². The third-order valence-electron chi connectivity index (χ3n) is 3.65. The SMILES string of the molecule is COC(C)(N[C@]1(C)C[C@H](O)C1)OCc1ccccc1. The van der Waals surface area contributed by atoms with Gasteiger partial charge < -0.3 is 14.6 Å². The fraction of sp³-hybridized carbons (Fsp3) is 0.600. The molecule has 1 unspecified atom stereocenters. The molecule has 1 fully saturated rings. The van der Waals surface area contributed by atoms with Gasteiger partial charge in [-0.1, -0.05) is 30.3 Å². The van der Waals surface area contributed by atoms with Crippen LogP contribution in [0, 0.1) is 0 Å². The zero-order valence-corrected chi connectivity index (χ0v) is 11.8. The summed E-state index contributed by atoms with van der Waals surface area (Å²) in [5, 5.41) is 12.8. The van der Waals surface area contributed by atoms with E-state index in [-0.39, 0.29) is 11.6 Å². The lowest BCUT2D eigenvalue weighted by atomic mass is 9.76. The maximum atomic E-state index is 9.44. The summed E-state index contributed by atoms with van der Waals surface area (Å²) in [4.78, 5) is 0. The number of aliphatic hydroxyl groups excluding tert-OH is 1. The molecule has 0 heterocycles. The molecule has 0 amide bonds. The molecule has 0 spiro atoms. The molecule has 19 heavy (non-hydrogen) atoms. The minimum Gasteiger partial charge on any atom is -0.393 e. The van der Waals surface area contributed by atoms with Gasteiger partial charge in [0.2, 0.25) is 5.91 Å². The Morgan fingerprint density at radius 3 is 2.53 bits per heavy atom. The third kappa shape index (κ3) is 3.76. The molecule has 2 N–H and O–H groups in total. The summed E-state index contributed by atoms with van der Waals surface area (Å²) >= 11 is 0. The van der Waals surface area contributed by atoms with Crippen molar-refractivity contribution in [3.8, 4) is 0 Å². The third-order valence-corrected chi connectivity index (χ3v) is 3.65. The number of rotatable bonds is 6. The van der Waals surface area contributed by atoms with Gasteiger partial charge >= 0.3 is 0 Å². The van der Waals surface area contributed by atoms with Gasteiger partial charge in [-0.2, -0.15) is 0 Å². The van der Waals surface area contributed by atoms with Crippen molar-refractivity contribution >= 4 is 0 Å². The van der Waals surface area contributed by atoms with Crippen molar-refractivity contribution in [2.24, 2.45) is 0 Å². The maximum Gasteiger partial charge on any atom is 0.224 e. The van der Waals surface area contributed by atoms with E-state index in [4.69, 9.17) is 9.47 Å². The number of methoxy groups -OCH3 is 1. The summed E-state index contributed by atoms with van der Waals surface area (Å²) in [6.45, 7) is 4.42. The molecule has 4 heteroatoms. The highest BCUT2D eigenvalue weighted by molar-refractivity contribution is 5.13. The Hall–Kier alpha value is -0.940. The molecular formula is C15H23NO3. The van der Waals surface area contributed by atoms with Crippen LogP contribution >= 0.6 is 0 Å². The first-order valence-electron chi connectivity index (χ1n) is 6.65. The van der Waals surface area contributed by atoms with Gasteiger partial charge in [-0.3, -0.25) is 5.32 Å². The zero-order chi connectivity index (χ0) is 13.9. The number of aliphatic hydroxyl groups is 1. The Morgan fingerprint density at radius 2 is 2.00 bits per heavy atom. The second-order valence-electron chi connectivity index (χ2n) is 5.67. The highest BCUT2D eigenvalue weighted by Gasteiger charge is 2.44. The van der Waals surface area contributed by atoms with Crippen molar-refractivity contribution in [3.63, 3.8) is 0 Å². The second kappa shape index (κ2) is 5.59. The van der Waals surface area contributed by atoms with Crippen LogP contribution in [0.3, 0.4) is 0 Å². The molecule has 1 aliphatic carbocycles. The van der Waals surface area contributed by atoms with E-state index in [9.17, 15) is 5.11 Å². The fourth-order valence-corrected chi connectivity index (χ4v) is 2.57. The van der Waals surface area contributed by atoms with Gasteiger partial charge in [0.1, 0.15) is 0 Å². The summed E-state index contributed by atoms with van der Waals surface area (Å²) < 4.78 is 11.3. The topological polar surface area (TPSA) is 50.7 Å². The Labute approximate surface area is 114 Å². The lowest BCUT2D eigenvalue weighted by Crippen LogP contribution is -2.64. The van der Waals surface area contributed by atoms with Gasteiger partial charge in [0, 0.05) is 19.6 Å². The molecule has 2 rings (SSSR count). The van der Waals surface area contributed by atoms with Crippen LogP contribution in [0.2, 0.25) is 0 Å². The molecular weight excluding hydrogens is 242 g/mol. The van der Waals surface area contributed by atoms with E-state index >= 15 is 0 Å². The molecule has 4 nitrogen and oxygen atoms in total. The van der Waals surface area contributed by atoms with Gasteiger partial charge in [0.15, 0.2) is 0 Å². The van der Waals surface area contributed by atoms with Crippen LogP contribution in [-0.4, -0.2) is 29.8 Å². The standard InChI is InChI=1S/C15H23NO3/c1-14(9-13(17)10-14)16-15(2,18-3)19-11-12-7-5-4-6-8-12/h4-8,13,16-17H,9-11H2,1-3H3/t13-,14+,15?. The largest absolute Gasteiger partial charge is 0.393 e. The molecule has 1 aromatic carbocycles. The quantitative estimate of drug-likeness (QED) is 0.773. The van der Waals surface area contributed by atoms with Crippen LogP contribution in [0.25, 0.3) is 0 Å². The number of nitrogens with one attached hydrogen (secondary N) is 1. The molecule has 0 aliphatic heterocycles. The van der Waals surface area contributed by atoms with E-state index in [0.717, 1.165) is 18.4 Å². The number of ether oxygens (including phenoxy) is 2. The van der Waals surface area contributed by atoms with Gasteiger partial charge in [-0.15, -0.1) is 0 Å². The average molecular weight is 265 g/mol. The highest BCUT2D eigenvalue weighted by atomic mass is 16.7. The lowest BCUT2D eigenvalue weighted by molar-refractivity contribution is -0.256. The number of hydrogen-bond acceptors (Lipinski definition) is 4. The predicted octanol–water partition coefficient (Wildman–Crippen LogP) is 2.03. The van der Waals surface area contributed by atoms with Gasteiger partial charge in [0.05, 0.1) is 12.7 Å². The fourth-order valence-electron chi connectivity index (χ4n) is 2.57. The first kappa shape index (κ1) is 14.5. The summed E-state index contributed by atoms with van der Waals surface area (Å²) in [5.74, 6) is -0.843. The molecule has 1 aromatic rings. The van der Waals surface area contributed by atoms with Crippen molar-refractivity contribution in [2.75, 3.05) is 7.11 Å². The van der Waals surface area contributed by atoms with Gasteiger partial charge in [-0.05, 0) is 25.3 Å². The van der Waals surface area contributed by atoms with Crippen LogP contribution in [0.5, 0.6) is 0 Å². The molecule has 1 atom stereocenters. The summed E-state index contributed by atoms with van der Waals surface area (Å²) in [6.07, 6.45) is 1.23. The minimum atomic E-state index is -0.843. The number of hydrogen-bond donors (Lipinski definition) is 2. The average Bonchev–Trinajstić information content (AvgIpc) is 2.36. The van der Waals surface area contributed by atoms with E-state index in [1.807, 2.05) is 37.3 Å². The second-order valence-corrected chi connectivity index (χ2v) is 5.67. The summed E-state index contributed by atoms with van der Waals surface area (Å²) in [6, 6.07) is 9.99. The molecule has 0 radical (unpaired) electrons. The van der Waals surface area contributed by atoms with Crippen LogP contribution < -0.4 is 5.32 Å². The van der Waals surface area contributed by atoms with Crippen molar-refractivity contribution in [3.05, 3.63) is 35.9 Å². The normalized spacial score (nSPS) is 29.6. The Balaban J connectivity index is 1.91. The molecule has 106 valence electrons. The number of benzene rings is 1. The van der Waals surface area contributed by atoms with Crippen LogP contribution in [0.1, 0.15) is 32.3 Å². The van der Waals surface area contributed by atoms with E-state index < -0.39 is 5.91 Å². The molecule has 0 saturated heterocycles. The lowest BCUT2D eigenvalue weighted by Gasteiger charge is -2.48. The Kier molecular flexibility index (Phi) is 4.26. The van der Waals surface area contributed by atoms with Gasteiger partial charge in [-0.25, -0.2) is 0 Å². The Morgan fingerprint density at radius 1 is 1.37 bits per heavy atom. The Bertz CT molecular complexity index is 403. The molecule has 0 aromatic heterocycles. The summed E-state index contributed by atoms with van der Waals surface area (Å²) in [5.41, 5.74) is 0.979. The maximum absolute atomic E-state index is 9.44. The van der Waals surface area contributed by atoms with Crippen molar-refractivity contribution in [1.29, 1.82) is 0 Å². The minimum absolute atomic E-state index is 0.124. The molecule has 0 bridgehead atoms. The first-order chi connectivity index (χ1) is 8.95. The van der Waals surface area contributed by atoms with Gasteiger partial charge in [0.25, 0.3) is 0 Å². The van der Waals surface area contributed by atoms with E-state index in [2.05, 4.69) is 12.2 Å². The molecule has 1 aliphatic rings. The van der Waals surface area contributed by atoms with Crippen LogP contribution in [-0.2, 0) is 16.1 Å². The first-order valence-corrected chi connectivity index (χ1v) is 6.65. The van der Waals surface area contributed by atoms with E-state index in [0.29, 0.717) is 6.61 Å². The monoisotopic (exact) mass is 265 g/mol. The van der Waals surface area contributed by atoms with E-state index in [1.165, 1.54) is 0 Å². The highest BCUT2D eigenvalue weighted by Crippen LogP contribution is 2.34. The van der Waals surface area contributed by atoms with Crippen LogP contribution in [0.4, 0.5) is 0 Å². The van der Waals surface area contributed by atoms with Crippen LogP contribution in [0.15, 0.2) is 30.3 Å². The van der Waals surface area contributed by atoms with E-state index in [1.54, 1.807) is 7.11 Å². The zero-order valence-electron chi connectivity index (χ0n) is 11.8. The summed E-state index contributed by atoms with van der Waals surface area (Å²) in [7, 11) is 1.62. The smallest absolute Gasteiger partial charge is 0.224 e. The van der Waals surface area contributed by atoms with Crippen molar-refractivity contribution in [1.82, 2.24) is 5.32 Å². The predicted molar refractivity (Wildman–Crippen MR) is 73.4 cm³/mol. The molecule has 1 saturated carbocycles.